The van der Waals surface area contributed by atoms with Crippen molar-refractivity contribution in [2.24, 2.45) is 5.92 Å². The Morgan fingerprint density at radius 1 is 1.30 bits per heavy atom. The molecule has 0 spiro atoms. The highest BCUT2D eigenvalue weighted by Crippen LogP contribution is 2.20. The van der Waals surface area contributed by atoms with Crippen LogP contribution >= 0.6 is 0 Å². The summed E-state index contributed by atoms with van der Waals surface area (Å²) in [5.74, 6) is -0.326. The third kappa shape index (κ3) is 5.32. The molecule has 1 aromatic carbocycles. The van der Waals surface area contributed by atoms with E-state index in [4.69, 9.17) is 0 Å². The summed E-state index contributed by atoms with van der Waals surface area (Å²) in [6.45, 7) is 4.78. The maximum atomic E-state index is 12.5. The second kappa shape index (κ2) is 7.01. The molecule has 0 unspecified atom stereocenters. The third-order valence-corrected chi connectivity index (χ3v) is 5.44. The van der Waals surface area contributed by atoms with Gasteiger partial charge in [-0.1, -0.05) is 30.3 Å². The molecule has 6 heteroatoms. The second-order valence-electron chi connectivity index (χ2n) is 7.00. The van der Waals surface area contributed by atoms with Gasteiger partial charge in [-0.15, -0.1) is 0 Å². The average Bonchev–Trinajstić information content (AvgIpc) is 2.46. The van der Waals surface area contributed by atoms with E-state index in [1.54, 1.807) is 0 Å². The minimum Gasteiger partial charge on any atom is -0.351 e. The van der Waals surface area contributed by atoms with Crippen LogP contribution in [0.1, 0.15) is 32.3 Å². The first-order valence-electron chi connectivity index (χ1n) is 7.98. The molecule has 1 amide bonds. The molecule has 1 fully saturated rings. The van der Waals surface area contributed by atoms with E-state index in [-0.39, 0.29) is 23.9 Å². The van der Waals surface area contributed by atoms with Gasteiger partial charge in [0.15, 0.2) is 0 Å². The number of hydrogen-bond acceptors (Lipinski definition) is 3. The van der Waals surface area contributed by atoms with Crippen molar-refractivity contribution in [1.29, 1.82) is 0 Å². The molecule has 0 aliphatic carbocycles. The summed E-state index contributed by atoms with van der Waals surface area (Å²) in [6, 6.07) is 10.0. The maximum absolute atomic E-state index is 12.5. The molecular formula is C17H26N2O3S. The molecule has 0 bridgehead atoms. The number of amides is 1. The molecule has 5 nitrogen and oxygen atoms in total. The van der Waals surface area contributed by atoms with E-state index in [0.29, 0.717) is 6.54 Å². The Hall–Kier alpha value is -1.40. The number of piperidine rings is 1. The van der Waals surface area contributed by atoms with Crippen molar-refractivity contribution < 1.29 is 13.2 Å². The molecule has 1 atom stereocenters. The summed E-state index contributed by atoms with van der Waals surface area (Å²) in [5.41, 5.74) is 0.797. The van der Waals surface area contributed by atoms with Gasteiger partial charge in [-0.2, -0.15) is 0 Å². The summed E-state index contributed by atoms with van der Waals surface area (Å²) in [6.07, 6.45) is 3.40. The Bertz CT molecular complexity index is 641. The summed E-state index contributed by atoms with van der Waals surface area (Å²) < 4.78 is 24.8. The summed E-state index contributed by atoms with van der Waals surface area (Å²) in [5, 5.41) is 3.09. The van der Waals surface area contributed by atoms with Crippen molar-refractivity contribution in [1.82, 2.24) is 9.62 Å². The lowest BCUT2D eigenvalue weighted by Crippen LogP contribution is -2.51. The third-order valence-electron chi connectivity index (χ3n) is 4.17. The number of carbonyl (C=O) groups is 1. The summed E-state index contributed by atoms with van der Waals surface area (Å²) in [7, 11) is -3.23. The normalized spacial score (nSPS) is 20.2. The van der Waals surface area contributed by atoms with Crippen molar-refractivity contribution in [2.45, 2.75) is 38.6 Å². The van der Waals surface area contributed by atoms with E-state index in [2.05, 4.69) is 5.32 Å². The topological polar surface area (TPSA) is 66.5 Å². The smallest absolute Gasteiger partial charge is 0.224 e. The lowest BCUT2D eigenvalue weighted by atomic mass is 9.92. The maximum Gasteiger partial charge on any atom is 0.224 e. The molecule has 128 valence electrons. The Balaban J connectivity index is 1.97. The number of nitrogens with zero attached hydrogens (tertiary/aromatic N) is 1. The predicted octanol–water partition coefficient (Wildman–Crippen LogP) is 1.80. The first-order valence-corrected chi connectivity index (χ1v) is 9.83. The zero-order chi connectivity index (χ0) is 17.1. The van der Waals surface area contributed by atoms with E-state index in [0.717, 1.165) is 19.3 Å². The van der Waals surface area contributed by atoms with Crippen LogP contribution in [0, 0.1) is 5.92 Å². The van der Waals surface area contributed by atoms with E-state index in [1.165, 1.54) is 16.1 Å². The standard InChI is InChI=1S/C17H26N2O3S/c1-17(2,12-14-8-5-4-6-9-14)18-16(20)15-10-7-11-19(13-15)23(3,21)22/h4-6,8-9,15H,7,10-13H2,1-3H3,(H,18,20)/t15-/m0/s1. The van der Waals surface area contributed by atoms with Gasteiger partial charge in [-0.05, 0) is 38.7 Å². The number of hydrogen-bond donors (Lipinski definition) is 1. The first kappa shape index (κ1) is 17.9. The second-order valence-corrected chi connectivity index (χ2v) is 8.98. The largest absolute Gasteiger partial charge is 0.351 e. The van der Waals surface area contributed by atoms with Crippen LogP contribution in [0.5, 0.6) is 0 Å². The molecule has 1 aliphatic rings. The summed E-state index contributed by atoms with van der Waals surface area (Å²) in [4.78, 5) is 12.5. The Morgan fingerprint density at radius 3 is 2.57 bits per heavy atom. The minimum absolute atomic E-state index is 0.0562. The lowest BCUT2D eigenvalue weighted by Gasteiger charge is -2.33. The predicted molar refractivity (Wildman–Crippen MR) is 91.5 cm³/mol. The van der Waals surface area contributed by atoms with Crippen molar-refractivity contribution in [3.8, 4) is 0 Å². The van der Waals surface area contributed by atoms with E-state index < -0.39 is 10.0 Å². The fourth-order valence-corrected chi connectivity index (χ4v) is 3.96. The zero-order valence-corrected chi connectivity index (χ0v) is 14.9. The van der Waals surface area contributed by atoms with Crippen molar-refractivity contribution in [3.63, 3.8) is 0 Å². The average molecular weight is 338 g/mol. The fourth-order valence-electron chi connectivity index (χ4n) is 3.04. The van der Waals surface area contributed by atoms with Crippen LogP contribution in [0.3, 0.4) is 0 Å². The number of rotatable bonds is 5. The molecule has 1 aliphatic heterocycles. The molecule has 0 saturated carbocycles. The number of nitrogens with one attached hydrogen (secondary N) is 1. The summed E-state index contributed by atoms with van der Waals surface area (Å²) >= 11 is 0. The van der Waals surface area contributed by atoms with E-state index in [1.807, 2.05) is 44.2 Å². The monoisotopic (exact) mass is 338 g/mol. The minimum atomic E-state index is -3.23. The van der Waals surface area contributed by atoms with E-state index >= 15 is 0 Å². The lowest BCUT2D eigenvalue weighted by molar-refractivity contribution is -0.127. The Kier molecular flexibility index (Phi) is 5.47. The highest BCUT2D eigenvalue weighted by Gasteiger charge is 2.32. The van der Waals surface area contributed by atoms with Crippen LogP contribution in [0.15, 0.2) is 30.3 Å². The SMILES string of the molecule is CC(C)(Cc1ccccc1)NC(=O)[C@H]1CCCN(S(C)(=O)=O)C1. The van der Waals surface area contributed by atoms with Crippen LogP contribution in [0.4, 0.5) is 0 Å². The molecule has 23 heavy (non-hydrogen) atoms. The van der Waals surface area contributed by atoms with Gasteiger partial charge in [0.2, 0.25) is 15.9 Å². The molecular weight excluding hydrogens is 312 g/mol. The van der Waals surface area contributed by atoms with Crippen LogP contribution in [-0.2, 0) is 21.2 Å². The fraction of sp³-hybridized carbons (Fsp3) is 0.588. The van der Waals surface area contributed by atoms with Gasteiger partial charge in [0.25, 0.3) is 0 Å². The quantitative estimate of drug-likeness (QED) is 0.890. The Morgan fingerprint density at radius 2 is 1.96 bits per heavy atom. The number of carbonyl (C=O) groups excluding carboxylic acids is 1. The van der Waals surface area contributed by atoms with Crippen LogP contribution in [-0.4, -0.2) is 43.5 Å². The van der Waals surface area contributed by atoms with Crippen molar-refractivity contribution >= 4 is 15.9 Å². The van der Waals surface area contributed by atoms with Crippen LogP contribution < -0.4 is 5.32 Å². The number of sulfonamides is 1. The first-order chi connectivity index (χ1) is 10.7. The number of benzene rings is 1. The van der Waals surface area contributed by atoms with Crippen molar-refractivity contribution in [3.05, 3.63) is 35.9 Å². The van der Waals surface area contributed by atoms with Gasteiger partial charge < -0.3 is 5.32 Å². The highest BCUT2D eigenvalue weighted by molar-refractivity contribution is 7.88. The van der Waals surface area contributed by atoms with Crippen LogP contribution in [0.25, 0.3) is 0 Å². The van der Waals surface area contributed by atoms with E-state index in [9.17, 15) is 13.2 Å². The van der Waals surface area contributed by atoms with Gasteiger partial charge in [-0.25, -0.2) is 12.7 Å². The molecule has 1 aromatic rings. The van der Waals surface area contributed by atoms with Gasteiger partial charge in [0.1, 0.15) is 0 Å². The molecule has 1 saturated heterocycles. The zero-order valence-electron chi connectivity index (χ0n) is 14.1. The van der Waals surface area contributed by atoms with Gasteiger partial charge in [-0.3, -0.25) is 4.79 Å². The highest BCUT2D eigenvalue weighted by atomic mass is 32.2. The van der Waals surface area contributed by atoms with Crippen LogP contribution in [0.2, 0.25) is 0 Å². The molecule has 0 radical (unpaired) electrons. The Labute approximate surface area is 139 Å². The molecule has 2 rings (SSSR count). The van der Waals surface area contributed by atoms with Crippen molar-refractivity contribution in [2.75, 3.05) is 19.3 Å². The molecule has 1 N–H and O–H groups in total. The van der Waals surface area contributed by atoms with Gasteiger partial charge in [0, 0.05) is 18.6 Å². The van der Waals surface area contributed by atoms with Gasteiger partial charge >= 0.3 is 0 Å². The van der Waals surface area contributed by atoms with Gasteiger partial charge in [0.05, 0.1) is 12.2 Å². The molecule has 0 aromatic heterocycles. The molecule has 1 heterocycles.